The average molecular weight is 284 g/mol. The van der Waals surface area contributed by atoms with Crippen LogP contribution in [-0.2, 0) is 10.1 Å². The van der Waals surface area contributed by atoms with Gasteiger partial charge in [-0.25, -0.2) is 0 Å². The van der Waals surface area contributed by atoms with Crippen LogP contribution in [0, 0.1) is 6.92 Å². The van der Waals surface area contributed by atoms with Crippen molar-refractivity contribution < 1.29 is 13.0 Å². The Kier molecular flexibility index (Phi) is 6.01. The third kappa shape index (κ3) is 4.96. The maximum Gasteiger partial charge on any atom is 0.294 e. The van der Waals surface area contributed by atoms with Crippen LogP contribution in [0.25, 0.3) is 0 Å². The van der Waals surface area contributed by atoms with E-state index in [-0.39, 0.29) is 10.8 Å². The highest BCUT2D eigenvalue weighted by Gasteiger charge is 2.19. The van der Waals surface area contributed by atoms with Gasteiger partial charge in [-0.1, -0.05) is 57.2 Å². The van der Waals surface area contributed by atoms with Gasteiger partial charge in [-0.05, 0) is 30.9 Å². The number of hydrogen-bond acceptors (Lipinski definition) is 2. The van der Waals surface area contributed by atoms with Crippen LogP contribution in [0.3, 0.4) is 0 Å². The number of rotatable bonds is 7. The monoisotopic (exact) mass is 284 g/mol. The summed E-state index contributed by atoms with van der Waals surface area (Å²) in [7, 11) is -4.13. The third-order valence-corrected chi connectivity index (χ3v) is 4.39. The molecular weight excluding hydrogens is 260 g/mol. The molecule has 0 aliphatic heterocycles. The fourth-order valence-electron chi connectivity index (χ4n) is 2.32. The molecule has 1 rings (SSSR count). The summed E-state index contributed by atoms with van der Waals surface area (Å²) in [4.78, 5) is 0.0566. The van der Waals surface area contributed by atoms with Gasteiger partial charge in [0.15, 0.2) is 0 Å². The van der Waals surface area contributed by atoms with Crippen molar-refractivity contribution in [3.63, 3.8) is 0 Å². The van der Waals surface area contributed by atoms with Crippen molar-refractivity contribution in [2.75, 3.05) is 0 Å². The molecule has 108 valence electrons. The summed E-state index contributed by atoms with van der Waals surface area (Å²) in [6.45, 7) is 6.12. The molecule has 0 radical (unpaired) electrons. The molecule has 0 bridgehead atoms. The Morgan fingerprint density at radius 1 is 1.21 bits per heavy atom. The summed E-state index contributed by atoms with van der Waals surface area (Å²) in [5.74, 6) is 0.147. The van der Waals surface area contributed by atoms with E-state index >= 15 is 0 Å². The van der Waals surface area contributed by atoms with Crippen LogP contribution >= 0.6 is 0 Å². The number of aryl methyl sites for hydroxylation is 1. The summed E-state index contributed by atoms with van der Waals surface area (Å²) >= 11 is 0. The first kappa shape index (κ1) is 16.2. The van der Waals surface area contributed by atoms with Gasteiger partial charge >= 0.3 is 0 Å². The highest BCUT2D eigenvalue weighted by atomic mass is 32.2. The molecule has 3 nitrogen and oxygen atoms in total. The lowest BCUT2D eigenvalue weighted by Crippen LogP contribution is -2.06. The first-order chi connectivity index (χ1) is 8.86. The van der Waals surface area contributed by atoms with Crippen molar-refractivity contribution >= 4 is 10.1 Å². The number of hydrogen-bond donors (Lipinski definition) is 1. The Morgan fingerprint density at radius 2 is 1.89 bits per heavy atom. The van der Waals surface area contributed by atoms with Gasteiger partial charge in [-0.2, -0.15) is 8.42 Å². The van der Waals surface area contributed by atoms with E-state index in [1.165, 1.54) is 25.3 Å². The van der Waals surface area contributed by atoms with E-state index in [1.807, 2.05) is 19.9 Å². The molecule has 4 heteroatoms. The van der Waals surface area contributed by atoms with Gasteiger partial charge in [0.25, 0.3) is 10.1 Å². The van der Waals surface area contributed by atoms with Gasteiger partial charge < -0.3 is 0 Å². The normalized spacial score (nSPS) is 13.5. The summed E-state index contributed by atoms with van der Waals surface area (Å²) in [6, 6.07) is 5.09. The quantitative estimate of drug-likeness (QED) is 0.599. The minimum Gasteiger partial charge on any atom is -0.282 e. The second-order valence-corrected chi connectivity index (χ2v) is 6.66. The molecule has 0 aliphatic carbocycles. The predicted molar refractivity (Wildman–Crippen MR) is 78.2 cm³/mol. The minimum absolute atomic E-state index is 0.0566. The lowest BCUT2D eigenvalue weighted by molar-refractivity contribution is 0.479. The first-order valence-electron chi connectivity index (χ1n) is 6.94. The van der Waals surface area contributed by atoms with Gasteiger partial charge in [-0.3, -0.25) is 4.55 Å². The van der Waals surface area contributed by atoms with E-state index in [0.29, 0.717) is 0 Å². The Hall–Kier alpha value is -0.870. The maximum absolute atomic E-state index is 11.4. The summed E-state index contributed by atoms with van der Waals surface area (Å²) < 4.78 is 32.1. The maximum atomic E-state index is 11.4. The molecule has 1 unspecified atom stereocenters. The van der Waals surface area contributed by atoms with Crippen molar-refractivity contribution in [3.05, 3.63) is 29.3 Å². The third-order valence-electron chi connectivity index (χ3n) is 3.46. The van der Waals surface area contributed by atoms with Gasteiger partial charge in [0.2, 0.25) is 0 Å². The highest BCUT2D eigenvalue weighted by Crippen LogP contribution is 2.29. The molecule has 1 aromatic rings. The van der Waals surface area contributed by atoms with Crippen LogP contribution in [0.15, 0.2) is 23.1 Å². The van der Waals surface area contributed by atoms with E-state index in [1.54, 1.807) is 6.07 Å². The second kappa shape index (κ2) is 7.06. The molecule has 0 spiro atoms. The van der Waals surface area contributed by atoms with Crippen molar-refractivity contribution in [3.8, 4) is 0 Å². The predicted octanol–water partition coefficient (Wildman–Crippen LogP) is 4.32. The van der Waals surface area contributed by atoms with Crippen molar-refractivity contribution in [2.45, 2.75) is 63.7 Å². The molecule has 0 saturated carbocycles. The Labute approximate surface area is 116 Å². The molecule has 0 fully saturated rings. The molecule has 1 aromatic carbocycles. The summed E-state index contributed by atoms with van der Waals surface area (Å²) in [5, 5.41) is 0. The Balaban J connectivity index is 2.89. The van der Waals surface area contributed by atoms with Crippen molar-refractivity contribution in [1.82, 2.24) is 0 Å². The molecule has 0 saturated heterocycles. The van der Waals surface area contributed by atoms with Crippen molar-refractivity contribution in [1.29, 1.82) is 0 Å². The minimum atomic E-state index is -4.13. The zero-order chi connectivity index (χ0) is 14.5. The van der Waals surface area contributed by atoms with Gasteiger partial charge in [0.05, 0.1) is 4.90 Å². The van der Waals surface area contributed by atoms with E-state index < -0.39 is 10.1 Å². The lowest BCUT2D eigenvalue weighted by atomic mass is 9.93. The topological polar surface area (TPSA) is 54.4 Å². The van der Waals surface area contributed by atoms with Crippen LogP contribution in [-0.4, -0.2) is 13.0 Å². The first-order valence-corrected chi connectivity index (χ1v) is 8.38. The fraction of sp³-hybridized carbons (Fsp3) is 0.600. The zero-order valence-corrected chi connectivity index (χ0v) is 12.8. The molecule has 0 heterocycles. The lowest BCUT2D eigenvalue weighted by Gasteiger charge is -2.15. The SMILES string of the molecule is CCCCCCC(C)c1cc(C)ccc1S(=O)(=O)O. The van der Waals surface area contributed by atoms with E-state index in [4.69, 9.17) is 0 Å². The van der Waals surface area contributed by atoms with Crippen molar-refractivity contribution in [2.24, 2.45) is 0 Å². The van der Waals surface area contributed by atoms with Crippen LogP contribution < -0.4 is 0 Å². The van der Waals surface area contributed by atoms with Crippen LogP contribution in [0.5, 0.6) is 0 Å². The molecule has 0 aliphatic rings. The average Bonchev–Trinajstić information content (AvgIpc) is 2.32. The second-order valence-electron chi connectivity index (χ2n) is 5.27. The van der Waals surface area contributed by atoms with Crippen LogP contribution in [0.4, 0.5) is 0 Å². The molecule has 1 atom stereocenters. The number of unbranched alkanes of at least 4 members (excludes halogenated alkanes) is 3. The van der Waals surface area contributed by atoms with Gasteiger partial charge in [0, 0.05) is 0 Å². The molecule has 1 N–H and O–H groups in total. The Morgan fingerprint density at radius 3 is 2.47 bits per heavy atom. The van der Waals surface area contributed by atoms with E-state index in [2.05, 4.69) is 6.92 Å². The van der Waals surface area contributed by atoms with Gasteiger partial charge in [-0.15, -0.1) is 0 Å². The fourth-order valence-corrected chi connectivity index (χ4v) is 3.12. The smallest absolute Gasteiger partial charge is 0.282 e. The van der Waals surface area contributed by atoms with Crippen LogP contribution in [0.2, 0.25) is 0 Å². The standard InChI is InChI=1S/C15H24O3S/c1-4-5-6-7-8-13(3)14-11-12(2)9-10-15(14)19(16,17)18/h9-11,13H,4-8H2,1-3H3,(H,16,17,18). The molecule has 19 heavy (non-hydrogen) atoms. The number of benzene rings is 1. The van der Waals surface area contributed by atoms with E-state index in [9.17, 15) is 13.0 Å². The Bertz CT molecular complexity index is 506. The van der Waals surface area contributed by atoms with E-state index in [0.717, 1.165) is 24.0 Å². The molecular formula is C15H24O3S. The summed E-state index contributed by atoms with van der Waals surface area (Å²) in [5.41, 5.74) is 1.75. The van der Waals surface area contributed by atoms with Gasteiger partial charge in [0.1, 0.15) is 0 Å². The highest BCUT2D eigenvalue weighted by molar-refractivity contribution is 7.85. The largest absolute Gasteiger partial charge is 0.294 e. The zero-order valence-electron chi connectivity index (χ0n) is 12.0. The molecule has 0 aromatic heterocycles. The summed E-state index contributed by atoms with van der Waals surface area (Å²) in [6.07, 6.45) is 5.62. The van der Waals surface area contributed by atoms with Crippen LogP contribution in [0.1, 0.15) is 63.0 Å². The molecule has 0 amide bonds.